The second kappa shape index (κ2) is 8.68. The Kier molecular flexibility index (Phi) is 7.10. The molecule has 3 rings (SSSR count). The molecule has 1 fully saturated rings. The van der Waals surface area contributed by atoms with Crippen LogP contribution in [0.1, 0.15) is 49.7 Å². The van der Waals surface area contributed by atoms with Crippen molar-refractivity contribution < 1.29 is 50.6 Å². The molecule has 0 amide bonds. The van der Waals surface area contributed by atoms with Gasteiger partial charge in [-0.3, -0.25) is 0 Å². The molecule has 1 radical (unpaired) electrons. The summed E-state index contributed by atoms with van der Waals surface area (Å²) in [6.07, 6.45) is 0.433. The van der Waals surface area contributed by atoms with Crippen molar-refractivity contribution in [1.29, 1.82) is 0 Å². The van der Waals surface area contributed by atoms with Crippen LogP contribution >= 0.6 is 0 Å². The molecule has 0 spiro atoms. The zero-order chi connectivity index (χ0) is 17.2. The summed E-state index contributed by atoms with van der Waals surface area (Å²) in [6, 6.07) is 12.4. The van der Waals surface area contributed by atoms with E-state index < -0.39 is 17.5 Å². The van der Waals surface area contributed by atoms with Crippen LogP contribution in [0.4, 0.5) is 13.2 Å². The summed E-state index contributed by atoms with van der Waals surface area (Å²) in [7, 11) is 0. The summed E-state index contributed by atoms with van der Waals surface area (Å²) in [5.41, 5.74) is 0.0662. The second-order valence-electron chi connectivity index (χ2n) is 6.55. The van der Waals surface area contributed by atoms with Gasteiger partial charge in [0.25, 0.3) is 0 Å². The van der Waals surface area contributed by atoms with Crippen LogP contribution in [0.3, 0.4) is 0 Å². The molecule has 0 N–H and O–H groups in total. The van der Waals surface area contributed by atoms with Gasteiger partial charge in [-0.15, -0.1) is 12.1 Å². The minimum Gasteiger partial charge on any atom is -0.455 e. The maximum Gasteiger partial charge on any atom is 0.427 e. The summed E-state index contributed by atoms with van der Waals surface area (Å²) in [5, 5.41) is 0. The van der Waals surface area contributed by atoms with Crippen LogP contribution in [0.15, 0.2) is 42.5 Å². The molecule has 0 unspecified atom stereocenters. The number of ether oxygens (including phenoxy) is 1. The van der Waals surface area contributed by atoms with Crippen LogP contribution < -0.4 is 4.74 Å². The summed E-state index contributed by atoms with van der Waals surface area (Å²) in [5.74, 6) is -0.00252. The number of benzene rings is 2. The van der Waals surface area contributed by atoms with Gasteiger partial charge in [0, 0.05) is 38.5 Å². The fraction of sp³-hybridized carbons (Fsp3) is 0.400. The van der Waals surface area contributed by atoms with Gasteiger partial charge >= 0.3 is 6.11 Å². The molecule has 1 saturated carbocycles. The third-order valence-corrected chi connectivity index (χ3v) is 4.73. The van der Waals surface area contributed by atoms with Gasteiger partial charge in [0.1, 0.15) is 5.82 Å². The van der Waals surface area contributed by atoms with E-state index >= 15 is 0 Å². The van der Waals surface area contributed by atoms with Crippen LogP contribution in [0.5, 0.6) is 5.75 Å². The predicted molar refractivity (Wildman–Crippen MR) is 86.6 cm³/mol. The van der Waals surface area contributed by atoms with Crippen molar-refractivity contribution in [3.05, 3.63) is 65.5 Å². The van der Waals surface area contributed by atoms with Gasteiger partial charge in [0.15, 0.2) is 0 Å². The standard InChI is InChI=1S/C20H20F3O.Y/c1-14-7-9-15(10-8-14)16-11-12-18(19(21)13-16)20(22,23)24-17-5-3-2-4-6-17;/h3-6,11-15H,7-10H2,1H3;/q-1;. The summed E-state index contributed by atoms with van der Waals surface area (Å²) in [4.78, 5) is 0. The van der Waals surface area contributed by atoms with Crippen LogP contribution in [0, 0.1) is 17.8 Å². The molecule has 0 bridgehead atoms. The van der Waals surface area contributed by atoms with Crippen molar-refractivity contribution in [2.24, 2.45) is 5.92 Å². The van der Waals surface area contributed by atoms with Crippen LogP contribution in [-0.2, 0) is 38.8 Å². The van der Waals surface area contributed by atoms with Crippen LogP contribution in [-0.4, -0.2) is 0 Å². The Hall–Kier alpha value is -0.866. The molecule has 1 nitrogen and oxygen atoms in total. The fourth-order valence-corrected chi connectivity index (χ4v) is 3.26. The third-order valence-electron chi connectivity index (χ3n) is 4.73. The maximum absolute atomic E-state index is 14.3. The molecule has 25 heavy (non-hydrogen) atoms. The van der Waals surface area contributed by atoms with Crippen molar-refractivity contribution in [1.82, 2.24) is 0 Å². The number of hydrogen-bond acceptors (Lipinski definition) is 1. The smallest absolute Gasteiger partial charge is 0.427 e. The average molecular weight is 422 g/mol. The molecule has 1 aliphatic carbocycles. The normalized spacial score (nSPS) is 20.6. The molecular formula is C20H20F3OY-. The topological polar surface area (TPSA) is 9.23 Å². The summed E-state index contributed by atoms with van der Waals surface area (Å²) < 4.78 is 47.5. The zero-order valence-corrected chi connectivity index (χ0v) is 17.0. The number of rotatable bonds is 4. The van der Waals surface area contributed by atoms with Crippen LogP contribution in [0.25, 0.3) is 0 Å². The van der Waals surface area contributed by atoms with E-state index in [4.69, 9.17) is 0 Å². The van der Waals surface area contributed by atoms with Gasteiger partial charge in [0.2, 0.25) is 0 Å². The van der Waals surface area contributed by atoms with E-state index in [1.807, 2.05) is 0 Å². The molecule has 2 aromatic carbocycles. The molecule has 0 aliphatic heterocycles. The minimum absolute atomic E-state index is 0. The first-order valence-corrected chi connectivity index (χ1v) is 8.28. The van der Waals surface area contributed by atoms with Crippen molar-refractivity contribution in [3.8, 4) is 5.75 Å². The quantitative estimate of drug-likeness (QED) is 0.546. The fourth-order valence-electron chi connectivity index (χ4n) is 3.26. The molecule has 131 valence electrons. The Labute approximate surface area is 171 Å². The summed E-state index contributed by atoms with van der Waals surface area (Å²) in [6.45, 7) is 2.21. The van der Waals surface area contributed by atoms with Crippen molar-refractivity contribution in [2.75, 3.05) is 0 Å². The van der Waals surface area contributed by atoms with E-state index in [1.165, 1.54) is 30.3 Å². The Morgan fingerprint density at radius 3 is 2.28 bits per heavy atom. The first-order valence-electron chi connectivity index (χ1n) is 8.28. The van der Waals surface area contributed by atoms with Crippen molar-refractivity contribution in [3.63, 3.8) is 0 Å². The number of halogens is 3. The van der Waals surface area contributed by atoms with Gasteiger partial charge < -0.3 is 4.74 Å². The van der Waals surface area contributed by atoms with Gasteiger partial charge in [-0.1, -0.05) is 25.8 Å². The van der Waals surface area contributed by atoms with Gasteiger partial charge in [-0.05, 0) is 42.4 Å². The number of alkyl halides is 2. The Morgan fingerprint density at radius 2 is 1.68 bits per heavy atom. The van der Waals surface area contributed by atoms with E-state index in [1.54, 1.807) is 6.07 Å². The molecule has 5 heteroatoms. The van der Waals surface area contributed by atoms with E-state index in [0.717, 1.165) is 37.3 Å². The average Bonchev–Trinajstić information content (AvgIpc) is 2.55. The van der Waals surface area contributed by atoms with Crippen molar-refractivity contribution in [2.45, 2.75) is 44.6 Å². The Bertz CT molecular complexity index is 683. The van der Waals surface area contributed by atoms with Crippen molar-refractivity contribution >= 4 is 0 Å². The van der Waals surface area contributed by atoms with E-state index in [9.17, 15) is 13.2 Å². The largest absolute Gasteiger partial charge is 0.455 e. The molecule has 0 atom stereocenters. The molecule has 0 saturated heterocycles. The van der Waals surface area contributed by atoms with E-state index in [-0.39, 0.29) is 44.4 Å². The van der Waals surface area contributed by atoms with Crippen LogP contribution in [0.2, 0.25) is 0 Å². The minimum atomic E-state index is -3.72. The summed E-state index contributed by atoms with van der Waals surface area (Å²) >= 11 is 0. The molecule has 0 aromatic heterocycles. The predicted octanol–water partition coefficient (Wildman–Crippen LogP) is 6.05. The first kappa shape index (κ1) is 20.4. The monoisotopic (exact) mass is 422 g/mol. The number of hydrogen-bond donors (Lipinski definition) is 0. The third kappa shape index (κ3) is 5.07. The second-order valence-corrected chi connectivity index (χ2v) is 6.55. The molecular weight excluding hydrogens is 402 g/mol. The SMILES string of the molecule is CC1CCC(c2ccc(C(F)(F)Oc3cc[c-]cc3)c(F)c2)CC1.[Y]. The Morgan fingerprint density at radius 1 is 1.04 bits per heavy atom. The Balaban J connectivity index is 0.00000225. The molecule has 0 heterocycles. The molecule has 2 aromatic rings. The molecule has 1 aliphatic rings. The first-order chi connectivity index (χ1) is 11.5. The van der Waals surface area contributed by atoms with Gasteiger partial charge in [0.05, 0.1) is 5.56 Å². The van der Waals surface area contributed by atoms with Gasteiger partial charge in [-0.25, -0.2) is 4.39 Å². The van der Waals surface area contributed by atoms with E-state index in [0.29, 0.717) is 5.92 Å². The maximum atomic E-state index is 14.3. The van der Waals surface area contributed by atoms with Gasteiger partial charge in [-0.2, -0.15) is 27.0 Å². The van der Waals surface area contributed by atoms with E-state index in [2.05, 4.69) is 17.7 Å². The zero-order valence-electron chi connectivity index (χ0n) is 14.1.